The van der Waals surface area contributed by atoms with E-state index in [1.54, 1.807) is 6.07 Å². The fraction of sp³-hybridized carbons (Fsp3) is 0.375. The minimum absolute atomic E-state index is 0.306. The predicted molar refractivity (Wildman–Crippen MR) is 80.3 cm³/mol. The molecule has 21 heavy (non-hydrogen) atoms. The number of carbonyl (C=O) groups is 1. The van der Waals surface area contributed by atoms with E-state index in [1.807, 2.05) is 31.6 Å². The van der Waals surface area contributed by atoms with Gasteiger partial charge in [-0.1, -0.05) is 6.07 Å². The number of esters is 1. The summed E-state index contributed by atoms with van der Waals surface area (Å²) in [5, 5.41) is 3.39. The predicted octanol–water partition coefficient (Wildman–Crippen LogP) is 2.93. The first-order chi connectivity index (χ1) is 10.2. The van der Waals surface area contributed by atoms with Crippen LogP contribution in [-0.4, -0.2) is 22.6 Å². The molecule has 0 spiro atoms. The van der Waals surface area contributed by atoms with Gasteiger partial charge in [0.2, 0.25) is 0 Å². The number of nitrogens with one attached hydrogen (secondary N) is 1. The second kappa shape index (κ2) is 5.60. The number of hydrogen-bond acceptors (Lipinski definition) is 4. The zero-order chi connectivity index (χ0) is 14.8. The number of rotatable bonds is 5. The largest absolute Gasteiger partial charge is 0.465 e. The Hall–Kier alpha value is -2.30. The van der Waals surface area contributed by atoms with Crippen molar-refractivity contribution in [2.75, 3.05) is 12.4 Å². The van der Waals surface area contributed by atoms with Crippen molar-refractivity contribution in [2.45, 2.75) is 32.4 Å². The molecule has 1 saturated carbocycles. The Morgan fingerprint density at radius 2 is 2.29 bits per heavy atom. The summed E-state index contributed by atoms with van der Waals surface area (Å²) >= 11 is 0. The maximum Gasteiger partial charge on any atom is 0.338 e. The molecule has 0 aliphatic heterocycles. The van der Waals surface area contributed by atoms with Gasteiger partial charge < -0.3 is 14.6 Å². The van der Waals surface area contributed by atoms with E-state index in [4.69, 9.17) is 4.74 Å². The maximum atomic E-state index is 11.7. The third-order valence-electron chi connectivity index (χ3n) is 3.89. The Labute approximate surface area is 124 Å². The van der Waals surface area contributed by atoms with Crippen LogP contribution in [0.2, 0.25) is 0 Å². The number of anilines is 1. The second-order valence-electron chi connectivity index (χ2n) is 5.35. The number of hydrogen-bond donors (Lipinski definition) is 1. The third-order valence-corrected chi connectivity index (χ3v) is 3.89. The standard InChI is InChI=1S/C16H19N3O2/c1-11-14(16(20)21-2)4-3-5-15(11)18-9-13-8-17-10-19(13)12-6-7-12/h3-5,8,10,12,18H,6-7,9H2,1-2H3. The average molecular weight is 285 g/mol. The molecular formula is C16H19N3O2. The van der Waals surface area contributed by atoms with Gasteiger partial charge >= 0.3 is 5.97 Å². The van der Waals surface area contributed by atoms with Crippen LogP contribution < -0.4 is 5.32 Å². The van der Waals surface area contributed by atoms with Gasteiger partial charge in [-0.25, -0.2) is 9.78 Å². The van der Waals surface area contributed by atoms with E-state index >= 15 is 0 Å². The number of benzene rings is 1. The lowest BCUT2D eigenvalue weighted by atomic mass is 10.1. The third kappa shape index (κ3) is 2.77. The Kier molecular flexibility index (Phi) is 3.64. The Morgan fingerprint density at radius 1 is 1.48 bits per heavy atom. The van der Waals surface area contributed by atoms with Gasteiger partial charge in [0.1, 0.15) is 0 Å². The molecule has 1 aromatic carbocycles. The molecule has 1 aromatic heterocycles. The topological polar surface area (TPSA) is 56.1 Å². The highest BCUT2D eigenvalue weighted by atomic mass is 16.5. The van der Waals surface area contributed by atoms with Gasteiger partial charge in [-0.15, -0.1) is 0 Å². The fourth-order valence-corrected chi connectivity index (χ4v) is 2.49. The fourth-order valence-electron chi connectivity index (χ4n) is 2.49. The lowest BCUT2D eigenvalue weighted by Crippen LogP contribution is -2.09. The molecule has 1 fully saturated rings. The van der Waals surface area contributed by atoms with Crippen LogP contribution in [0.15, 0.2) is 30.7 Å². The molecule has 2 aromatic rings. The van der Waals surface area contributed by atoms with Crippen molar-refractivity contribution in [3.63, 3.8) is 0 Å². The molecule has 5 nitrogen and oxygen atoms in total. The molecule has 0 atom stereocenters. The summed E-state index contributed by atoms with van der Waals surface area (Å²) in [5.41, 5.74) is 3.61. The summed E-state index contributed by atoms with van der Waals surface area (Å²) in [6.07, 6.45) is 6.26. The van der Waals surface area contributed by atoms with Gasteiger partial charge in [0.25, 0.3) is 0 Å². The van der Waals surface area contributed by atoms with E-state index in [9.17, 15) is 4.79 Å². The van der Waals surface area contributed by atoms with E-state index in [0.29, 0.717) is 18.2 Å². The van der Waals surface area contributed by atoms with Crippen LogP contribution in [-0.2, 0) is 11.3 Å². The van der Waals surface area contributed by atoms with Crippen LogP contribution in [0.25, 0.3) is 0 Å². The lowest BCUT2D eigenvalue weighted by Gasteiger charge is -2.13. The quantitative estimate of drug-likeness (QED) is 0.858. The summed E-state index contributed by atoms with van der Waals surface area (Å²) in [5.74, 6) is -0.306. The molecule has 1 N–H and O–H groups in total. The van der Waals surface area contributed by atoms with Crippen LogP contribution in [0.4, 0.5) is 5.69 Å². The molecule has 1 aliphatic rings. The molecule has 5 heteroatoms. The van der Waals surface area contributed by atoms with Crippen molar-refractivity contribution in [1.82, 2.24) is 9.55 Å². The molecule has 0 bridgehead atoms. The number of nitrogens with zero attached hydrogens (tertiary/aromatic N) is 2. The first-order valence-corrected chi connectivity index (χ1v) is 7.13. The number of carbonyl (C=O) groups excluding carboxylic acids is 1. The van der Waals surface area contributed by atoms with Gasteiger partial charge in [-0.2, -0.15) is 0 Å². The highest BCUT2D eigenvalue weighted by Crippen LogP contribution is 2.35. The summed E-state index contributed by atoms with van der Waals surface area (Å²) in [6, 6.07) is 6.23. The maximum absolute atomic E-state index is 11.7. The molecule has 1 heterocycles. The van der Waals surface area contributed by atoms with Gasteiger partial charge in [0, 0.05) is 17.9 Å². The lowest BCUT2D eigenvalue weighted by molar-refractivity contribution is 0.0600. The van der Waals surface area contributed by atoms with E-state index in [2.05, 4.69) is 14.9 Å². The number of aromatic nitrogens is 2. The van der Waals surface area contributed by atoms with Crippen molar-refractivity contribution in [2.24, 2.45) is 0 Å². The van der Waals surface area contributed by atoms with Gasteiger partial charge in [-0.3, -0.25) is 0 Å². The summed E-state index contributed by atoms with van der Waals surface area (Å²) in [6.45, 7) is 2.62. The molecule has 0 saturated heterocycles. The van der Waals surface area contributed by atoms with Crippen molar-refractivity contribution in [3.8, 4) is 0 Å². The molecular weight excluding hydrogens is 266 g/mol. The Morgan fingerprint density at radius 3 is 3.00 bits per heavy atom. The highest BCUT2D eigenvalue weighted by molar-refractivity contribution is 5.92. The van der Waals surface area contributed by atoms with E-state index in [1.165, 1.54) is 25.6 Å². The summed E-state index contributed by atoms with van der Waals surface area (Å²) in [7, 11) is 1.40. The van der Waals surface area contributed by atoms with Crippen molar-refractivity contribution >= 4 is 11.7 Å². The normalized spacial score (nSPS) is 14.0. The zero-order valence-electron chi connectivity index (χ0n) is 12.3. The van der Waals surface area contributed by atoms with E-state index in [-0.39, 0.29) is 5.97 Å². The number of imidazole rings is 1. The SMILES string of the molecule is COC(=O)c1cccc(NCc2cncn2C2CC2)c1C. The monoisotopic (exact) mass is 285 g/mol. The number of methoxy groups -OCH3 is 1. The van der Waals surface area contributed by atoms with Crippen LogP contribution in [0.1, 0.15) is 40.5 Å². The molecule has 3 rings (SSSR count). The van der Waals surface area contributed by atoms with E-state index < -0.39 is 0 Å². The smallest absolute Gasteiger partial charge is 0.338 e. The van der Waals surface area contributed by atoms with Crippen LogP contribution >= 0.6 is 0 Å². The Balaban J connectivity index is 1.76. The average Bonchev–Trinajstić information content (AvgIpc) is 3.24. The molecule has 0 unspecified atom stereocenters. The van der Waals surface area contributed by atoms with Crippen molar-refractivity contribution < 1.29 is 9.53 Å². The molecule has 110 valence electrons. The van der Waals surface area contributed by atoms with Gasteiger partial charge in [-0.05, 0) is 37.5 Å². The summed E-state index contributed by atoms with van der Waals surface area (Å²) in [4.78, 5) is 15.9. The minimum Gasteiger partial charge on any atom is -0.465 e. The first kappa shape index (κ1) is 13.7. The zero-order valence-corrected chi connectivity index (χ0v) is 12.3. The van der Waals surface area contributed by atoms with Crippen LogP contribution in [0.3, 0.4) is 0 Å². The minimum atomic E-state index is -0.306. The molecule has 1 aliphatic carbocycles. The van der Waals surface area contributed by atoms with Crippen molar-refractivity contribution in [3.05, 3.63) is 47.5 Å². The van der Waals surface area contributed by atoms with Crippen LogP contribution in [0.5, 0.6) is 0 Å². The molecule has 0 radical (unpaired) electrons. The Bertz CT molecular complexity index is 659. The number of ether oxygens (including phenoxy) is 1. The highest BCUT2D eigenvalue weighted by Gasteiger charge is 2.25. The van der Waals surface area contributed by atoms with E-state index in [0.717, 1.165) is 11.3 Å². The van der Waals surface area contributed by atoms with Gasteiger partial charge in [0.05, 0.1) is 31.2 Å². The second-order valence-corrected chi connectivity index (χ2v) is 5.35. The first-order valence-electron chi connectivity index (χ1n) is 7.13. The van der Waals surface area contributed by atoms with Gasteiger partial charge in [0.15, 0.2) is 0 Å². The van der Waals surface area contributed by atoms with Crippen LogP contribution in [0, 0.1) is 6.92 Å². The summed E-state index contributed by atoms with van der Waals surface area (Å²) < 4.78 is 7.03. The molecule has 0 amide bonds. The van der Waals surface area contributed by atoms with Crippen molar-refractivity contribution in [1.29, 1.82) is 0 Å².